The molecule has 0 aliphatic carbocycles. The molecule has 8 heteroatoms. The van der Waals surface area contributed by atoms with Crippen LogP contribution in [0.4, 0.5) is 0 Å². The Hall–Kier alpha value is -2.78. The number of benzene rings is 2. The molecule has 8 nitrogen and oxygen atoms in total. The summed E-state index contributed by atoms with van der Waals surface area (Å²) in [7, 11) is 1.71. The first-order valence-electron chi connectivity index (χ1n) is 12.0. The van der Waals surface area contributed by atoms with Crippen LogP contribution in [-0.4, -0.2) is 76.1 Å². The van der Waals surface area contributed by atoms with E-state index in [2.05, 4.69) is 28.0 Å². The van der Waals surface area contributed by atoms with Gasteiger partial charge in [0.05, 0.1) is 29.7 Å². The van der Waals surface area contributed by atoms with Crippen LogP contribution in [-0.2, 0) is 30.8 Å². The van der Waals surface area contributed by atoms with Gasteiger partial charge >= 0.3 is 5.69 Å². The van der Waals surface area contributed by atoms with E-state index in [1.807, 2.05) is 24.3 Å². The minimum atomic E-state index is -0.817. The fraction of sp³-hybridized carbons (Fsp3) is 0.462. The van der Waals surface area contributed by atoms with Crippen molar-refractivity contribution in [2.45, 2.75) is 38.3 Å². The molecule has 0 radical (unpaired) electrons. The number of nitrogens with zero attached hydrogens (tertiary/aromatic N) is 4. The number of para-hydroxylation sites is 1. The van der Waals surface area contributed by atoms with Gasteiger partial charge in [0.25, 0.3) is 5.56 Å². The summed E-state index contributed by atoms with van der Waals surface area (Å²) < 4.78 is 8.21. The SMILES string of the molecule is COC1CN(CCn2c(=O)n(CC(O)CN3CCc4ccccc4C3)c(=O)c3ccccc32)C1. The first-order valence-corrected chi connectivity index (χ1v) is 12.0. The molecule has 2 aromatic carbocycles. The molecule has 180 valence electrons. The zero-order valence-corrected chi connectivity index (χ0v) is 19.6. The maximum atomic E-state index is 13.4. The smallest absolute Gasteiger partial charge is 0.331 e. The molecule has 0 saturated carbocycles. The van der Waals surface area contributed by atoms with Crippen LogP contribution >= 0.6 is 0 Å². The number of likely N-dealkylation sites (tertiary alicyclic amines) is 1. The van der Waals surface area contributed by atoms with Crippen LogP contribution in [0, 0.1) is 0 Å². The van der Waals surface area contributed by atoms with Crippen molar-refractivity contribution in [2.75, 3.05) is 39.8 Å². The Morgan fingerprint density at radius 3 is 2.47 bits per heavy atom. The summed E-state index contributed by atoms with van der Waals surface area (Å²) >= 11 is 0. The molecule has 0 amide bonds. The second-order valence-electron chi connectivity index (χ2n) is 9.39. The number of aliphatic hydroxyl groups is 1. The monoisotopic (exact) mass is 464 g/mol. The first-order chi connectivity index (χ1) is 16.5. The van der Waals surface area contributed by atoms with E-state index >= 15 is 0 Å². The second kappa shape index (κ2) is 9.84. The number of β-amino-alcohol motifs (C(OH)–C–C–N with tert-alkyl or cyclic N) is 1. The molecule has 3 aromatic rings. The van der Waals surface area contributed by atoms with Crippen LogP contribution < -0.4 is 11.2 Å². The van der Waals surface area contributed by atoms with Crippen molar-refractivity contribution in [1.82, 2.24) is 18.9 Å². The van der Waals surface area contributed by atoms with Gasteiger partial charge in [-0.05, 0) is 29.7 Å². The van der Waals surface area contributed by atoms with Crippen molar-refractivity contribution in [1.29, 1.82) is 0 Å². The molecule has 2 aliphatic rings. The highest BCUT2D eigenvalue weighted by atomic mass is 16.5. The van der Waals surface area contributed by atoms with E-state index < -0.39 is 6.10 Å². The van der Waals surface area contributed by atoms with Gasteiger partial charge in [0, 0.05) is 52.9 Å². The van der Waals surface area contributed by atoms with Crippen molar-refractivity contribution >= 4 is 10.9 Å². The maximum Gasteiger partial charge on any atom is 0.331 e. The summed E-state index contributed by atoms with van der Waals surface area (Å²) in [5.41, 5.74) is 2.55. The molecule has 1 saturated heterocycles. The maximum absolute atomic E-state index is 13.4. The number of hydrogen-bond donors (Lipinski definition) is 1. The molecule has 1 fully saturated rings. The lowest BCUT2D eigenvalue weighted by atomic mass is 10.00. The molecule has 2 aliphatic heterocycles. The average molecular weight is 465 g/mol. The van der Waals surface area contributed by atoms with Crippen LogP contribution in [0.15, 0.2) is 58.1 Å². The first kappa shape index (κ1) is 23.0. The van der Waals surface area contributed by atoms with E-state index in [4.69, 9.17) is 4.74 Å². The fourth-order valence-corrected chi connectivity index (χ4v) is 5.12. The Morgan fingerprint density at radius 2 is 1.68 bits per heavy atom. The molecular weight excluding hydrogens is 432 g/mol. The zero-order chi connectivity index (χ0) is 23.7. The lowest BCUT2D eigenvalue weighted by molar-refractivity contribution is -0.0304. The molecule has 1 N–H and O–H groups in total. The molecule has 1 unspecified atom stereocenters. The van der Waals surface area contributed by atoms with Crippen LogP contribution in [0.1, 0.15) is 11.1 Å². The van der Waals surface area contributed by atoms with Gasteiger partial charge in [-0.1, -0.05) is 36.4 Å². The van der Waals surface area contributed by atoms with E-state index in [0.717, 1.165) is 32.6 Å². The third kappa shape index (κ3) is 4.59. The van der Waals surface area contributed by atoms with Crippen molar-refractivity contribution in [3.8, 4) is 0 Å². The summed E-state index contributed by atoms with van der Waals surface area (Å²) in [6, 6.07) is 15.6. The summed E-state index contributed by atoms with van der Waals surface area (Å²) in [6.07, 6.45) is 0.369. The lowest BCUT2D eigenvalue weighted by Gasteiger charge is -2.38. The summed E-state index contributed by atoms with van der Waals surface area (Å²) in [5.74, 6) is 0. The zero-order valence-electron chi connectivity index (χ0n) is 19.6. The minimum Gasteiger partial charge on any atom is -0.390 e. The predicted molar refractivity (Wildman–Crippen MR) is 131 cm³/mol. The van der Waals surface area contributed by atoms with Crippen LogP contribution in [0.25, 0.3) is 10.9 Å². The van der Waals surface area contributed by atoms with Crippen molar-refractivity contribution in [2.24, 2.45) is 0 Å². The van der Waals surface area contributed by atoms with Gasteiger partial charge in [-0.3, -0.25) is 23.7 Å². The lowest BCUT2D eigenvalue weighted by Crippen LogP contribution is -2.53. The summed E-state index contributed by atoms with van der Waals surface area (Å²) in [4.78, 5) is 31.0. The fourth-order valence-electron chi connectivity index (χ4n) is 5.12. The highest BCUT2D eigenvalue weighted by Gasteiger charge is 2.26. The Balaban J connectivity index is 1.34. The highest BCUT2D eigenvalue weighted by Crippen LogP contribution is 2.18. The van der Waals surface area contributed by atoms with Crippen LogP contribution in [0.2, 0.25) is 0 Å². The van der Waals surface area contributed by atoms with E-state index in [9.17, 15) is 14.7 Å². The van der Waals surface area contributed by atoms with E-state index in [1.165, 1.54) is 15.7 Å². The topological polar surface area (TPSA) is 79.9 Å². The summed E-state index contributed by atoms with van der Waals surface area (Å²) in [6.45, 7) is 4.90. The Kier molecular flexibility index (Phi) is 6.65. The summed E-state index contributed by atoms with van der Waals surface area (Å²) in [5, 5.41) is 11.4. The predicted octanol–water partition coefficient (Wildman–Crippen LogP) is 0.913. The highest BCUT2D eigenvalue weighted by molar-refractivity contribution is 5.77. The third-order valence-corrected chi connectivity index (χ3v) is 7.10. The van der Waals surface area contributed by atoms with Gasteiger partial charge in [0.1, 0.15) is 0 Å². The van der Waals surface area contributed by atoms with Crippen LogP contribution in [0.3, 0.4) is 0 Å². The number of fused-ring (bicyclic) bond motifs is 2. The molecule has 1 aromatic heterocycles. The van der Waals surface area contributed by atoms with Gasteiger partial charge in [-0.15, -0.1) is 0 Å². The van der Waals surface area contributed by atoms with E-state index in [1.54, 1.807) is 17.7 Å². The third-order valence-electron chi connectivity index (χ3n) is 7.10. The van der Waals surface area contributed by atoms with Gasteiger partial charge in [0.15, 0.2) is 0 Å². The van der Waals surface area contributed by atoms with Crippen molar-refractivity contribution in [3.05, 3.63) is 80.5 Å². The number of methoxy groups -OCH3 is 1. The molecule has 34 heavy (non-hydrogen) atoms. The van der Waals surface area contributed by atoms with Crippen molar-refractivity contribution in [3.63, 3.8) is 0 Å². The molecule has 0 spiro atoms. The minimum absolute atomic E-state index is 0.0177. The number of aliphatic hydroxyl groups excluding tert-OH is 1. The molecular formula is C26H32N4O4. The largest absolute Gasteiger partial charge is 0.390 e. The number of rotatable bonds is 8. The standard InChI is InChI=1S/C26H32N4O4/c1-34-22-17-28(18-22)12-13-29-24-9-5-4-8-23(24)25(32)30(26(29)33)16-21(31)15-27-11-10-19-6-2-3-7-20(19)14-27/h2-9,21-22,31H,10-18H2,1H3. The van der Waals surface area contributed by atoms with Crippen molar-refractivity contribution < 1.29 is 9.84 Å². The van der Waals surface area contributed by atoms with Gasteiger partial charge in [-0.25, -0.2) is 4.79 Å². The normalized spacial score (nSPS) is 18.1. The van der Waals surface area contributed by atoms with E-state index in [0.29, 0.717) is 30.5 Å². The Bertz CT molecular complexity index is 1280. The number of ether oxygens (including phenoxy) is 1. The molecule has 3 heterocycles. The Labute approximate surface area is 198 Å². The molecule has 1 atom stereocenters. The van der Waals surface area contributed by atoms with Gasteiger partial charge < -0.3 is 9.84 Å². The number of aromatic nitrogens is 2. The molecule has 5 rings (SSSR count). The number of hydrogen-bond acceptors (Lipinski definition) is 6. The molecule has 0 bridgehead atoms. The van der Waals surface area contributed by atoms with Crippen LogP contribution in [0.5, 0.6) is 0 Å². The van der Waals surface area contributed by atoms with Gasteiger partial charge in [-0.2, -0.15) is 0 Å². The second-order valence-corrected chi connectivity index (χ2v) is 9.39. The quantitative estimate of drug-likeness (QED) is 0.534. The van der Waals surface area contributed by atoms with E-state index in [-0.39, 0.29) is 23.9 Å². The van der Waals surface area contributed by atoms with Gasteiger partial charge in [0.2, 0.25) is 0 Å². The Morgan fingerprint density at radius 1 is 0.941 bits per heavy atom. The average Bonchev–Trinajstić information content (AvgIpc) is 2.82.